The van der Waals surface area contributed by atoms with Crippen LogP contribution in [-0.4, -0.2) is 20.7 Å². The van der Waals surface area contributed by atoms with Gasteiger partial charge in [0.25, 0.3) is 11.5 Å². The molecule has 0 saturated carbocycles. The molecule has 0 aliphatic carbocycles. The second kappa shape index (κ2) is 7.04. The van der Waals surface area contributed by atoms with E-state index in [2.05, 4.69) is 15.4 Å². The van der Waals surface area contributed by atoms with Gasteiger partial charge in [-0.05, 0) is 41.8 Å². The number of aromatic nitrogens is 3. The number of rotatable bonds is 4. The predicted molar refractivity (Wildman–Crippen MR) is 90.9 cm³/mol. The fourth-order valence-corrected chi connectivity index (χ4v) is 2.29. The maximum atomic E-state index is 13.2. The number of carbonyl (C=O) groups is 1. The first kappa shape index (κ1) is 16.5. The van der Waals surface area contributed by atoms with E-state index in [9.17, 15) is 14.0 Å². The highest BCUT2D eigenvalue weighted by molar-refractivity contribution is 6.02. The average Bonchev–Trinajstić information content (AvgIpc) is 2.59. The Bertz CT molecular complexity index is 967. The Balaban J connectivity index is 1.68. The van der Waals surface area contributed by atoms with Gasteiger partial charge in [0.05, 0.1) is 0 Å². The van der Waals surface area contributed by atoms with Crippen LogP contribution in [0.4, 0.5) is 10.2 Å². The van der Waals surface area contributed by atoms with Gasteiger partial charge in [-0.1, -0.05) is 18.2 Å². The van der Waals surface area contributed by atoms with Gasteiger partial charge in [0.2, 0.25) is 0 Å². The maximum Gasteiger partial charge on any atom is 0.277 e. The van der Waals surface area contributed by atoms with Crippen molar-refractivity contribution in [2.24, 2.45) is 7.05 Å². The smallest absolute Gasteiger partial charge is 0.277 e. The van der Waals surface area contributed by atoms with Crippen molar-refractivity contribution in [2.45, 2.75) is 6.42 Å². The Morgan fingerprint density at radius 3 is 2.68 bits per heavy atom. The molecule has 0 atom stereocenters. The molecular weight excluding hydrogens is 323 g/mol. The van der Waals surface area contributed by atoms with Gasteiger partial charge in [0.1, 0.15) is 17.3 Å². The van der Waals surface area contributed by atoms with Gasteiger partial charge in [0.15, 0.2) is 0 Å². The fraction of sp³-hybridized carbons (Fsp3) is 0.111. The van der Waals surface area contributed by atoms with E-state index >= 15 is 0 Å². The summed E-state index contributed by atoms with van der Waals surface area (Å²) in [5.41, 5.74) is 1.56. The van der Waals surface area contributed by atoms with Crippen molar-refractivity contribution in [3.8, 4) is 0 Å². The minimum absolute atomic E-state index is 0.118. The molecule has 0 radical (unpaired) electrons. The lowest BCUT2D eigenvalue weighted by molar-refractivity contribution is 0.101. The van der Waals surface area contributed by atoms with Crippen molar-refractivity contribution < 1.29 is 9.18 Å². The van der Waals surface area contributed by atoms with Gasteiger partial charge in [-0.25, -0.2) is 14.1 Å². The highest BCUT2D eigenvalue weighted by Gasteiger charge is 2.09. The summed E-state index contributed by atoms with van der Waals surface area (Å²) in [6.07, 6.45) is 2.16. The lowest BCUT2D eigenvalue weighted by atomic mass is 10.1. The minimum Gasteiger partial charge on any atom is -0.305 e. The number of benzene rings is 1. The summed E-state index contributed by atoms with van der Waals surface area (Å²) in [7, 11) is 1.47. The Morgan fingerprint density at radius 1 is 1.16 bits per heavy atom. The Kier molecular flexibility index (Phi) is 4.65. The molecule has 0 bridgehead atoms. The SMILES string of the molecule is Cn1nc(C(=O)Nc2ccc(Cc3cccc(F)c3)cn2)ccc1=O. The van der Waals surface area contributed by atoms with Crippen LogP contribution in [0.2, 0.25) is 0 Å². The first-order chi connectivity index (χ1) is 12.0. The molecule has 3 aromatic rings. The monoisotopic (exact) mass is 338 g/mol. The number of hydrogen-bond acceptors (Lipinski definition) is 4. The molecular formula is C18H15FN4O2. The van der Waals surface area contributed by atoms with Crippen molar-refractivity contribution in [2.75, 3.05) is 5.32 Å². The number of anilines is 1. The van der Waals surface area contributed by atoms with Crippen LogP contribution >= 0.6 is 0 Å². The zero-order chi connectivity index (χ0) is 17.8. The summed E-state index contributed by atoms with van der Waals surface area (Å²) in [4.78, 5) is 27.6. The van der Waals surface area contributed by atoms with Gasteiger partial charge >= 0.3 is 0 Å². The van der Waals surface area contributed by atoms with E-state index in [1.807, 2.05) is 12.1 Å². The lowest BCUT2D eigenvalue weighted by Gasteiger charge is -2.06. The highest BCUT2D eigenvalue weighted by Crippen LogP contribution is 2.12. The largest absolute Gasteiger partial charge is 0.305 e. The van der Waals surface area contributed by atoms with E-state index in [0.29, 0.717) is 12.2 Å². The summed E-state index contributed by atoms with van der Waals surface area (Å²) in [6.45, 7) is 0. The molecule has 126 valence electrons. The summed E-state index contributed by atoms with van der Waals surface area (Å²) in [6, 6.07) is 12.5. The molecule has 0 aliphatic heterocycles. The van der Waals surface area contributed by atoms with Crippen LogP contribution < -0.4 is 10.9 Å². The fourth-order valence-electron chi connectivity index (χ4n) is 2.29. The number of nitrogens with zero attached hydrogens (tertiary/aromatic N) is 3. The van der Waals surface area contributed by atoms with Crippen LogP contribution in [0.1, 0.15) is 21.6 Å². The third-order valence-electron chi connectivity index (χ3n) is 3.56. The van der Waals surface area contributed by atoms with Gasteiger partial charge < -0.3 is 5.32 Å². The molecule has 0 aliphatic rings. The van der Waals surface area contributed by atoms with Crippen LogP contribution in [0.15, 0.2) is 59.5 Å². The molecule has 2 heterocycles. The summed E-state index contributed by atoms with van der Waals surface area (Å²) in [5.74, 6) is -0.372. The first-order valence-electron chi connectivity index (χ1n) is 7.56. The molecule has 1 amide bonds. The summed E-state index contributed by atoms with van der Waals surface area (Å²) < 4.78 is 14.3. The van der Waals surface area contributed by atoms with Crippen LogP contribution in [-0.2, 0) is 13.5 Å². The first-order valence-corrected chi connectivity index (χ1v) is 7.56. The van der Waals surface area contributed by atoms with E-state index in [-0.39, 0.29) is 17.1 Å². The van der Waals surface area contributed by atoms with Crippen molar-refractivity contribution in [3.05, 3.63) is 87.7 Å². The van der Waals surface area contributed by atoms with Crippen molar-refractivity contribution in [1.82, 2.24) is 14.8 Å². The van der Waals surface area contributed by atoms with E-state index in [0.717, 1.165) is 15.8 Å². The Hall–Kier alpha value is -3.35. The number of hydrogen-bond donors (Lipinski definition) is 1. The van der Waals surface area contributed by atoms with Crippen LogP contribution in [0.5, 0.6) is 0 Å². The van der Waals surface area contributed by atoms with E-state index < -0.39 is 5.91 Å². The third kappa shape index (κ3) is 4.14. The second-order valence-electron chi connectivity index (χ2n) is 5.49. The number of pyridine rings is 1. The number of amides is 1. The zero-order valence-corrected chi connectivity index (χ0v) is 13.4. The normalized spacial score (nSPS) is 10.5. The summed E-state index contributed by atoms with van der Waals surface area (Å²) >= 11 is 0. The number of nitrogens with one attached hydrogen (secondary N) is 1. The third-order valence-corrected chi connectivity index (χ3v) is 3.56. The molecule has 25 heavy (non-hydrogen) atoms. The number of carbonyl (C=O) groups excluding carboxylic acids is 1. The van der Waals surface area contributed by atoms with Crippen LogP contribution in [0.25, 0.3) is 0 Å². The van der Waals surface area contributed by atoms with Crippen LogP contribution in [0.3, 0.4) is 0 Å². The molecule has 1 aromatic carbocycles. The quantitative estimate of drug-likeness (QED) is 0.791. The van der Waals surface area contributed by atoms with Crippen molar-refractivity contribution >= 4 is 11.7 Å². The van der Waals surface area contributed by atoms with Gasteiger partial charge in [0, 0.05) is 19.3 Å². The molecule has 0 saturated heterocycles. The van der Waals surface area contributed by atoms with E-state index in [1.165, 1.54) is 31.3 Å². The van der Waals surface area contributed by atoms with Gasteiger partial charge in [-0.2, -0.15) is 5.10 Å². The average molecular weight is 338 g/mol. The predicted octanol–water partition coefficient (Wildman–Crippen LogP) is 2.16. The topological polar surface area (TPSA) is 76.9 Å². The maximum absolute atomic E-state index is 13.2. The van der Waals surface area contributed by atoms with Crippen molar-refractivity contribution in [3.63, 3.8) is 0 Å². The summed E-state index contributed by atoms with van der Waals surface area (Å²) in [5, 5.41) is 6.50. The Morgan fingerprint density at radius 2 is 2.00 bits per heavy atom. The molecule has 7 heteroatoms. The molecule has 0 unspecified atom stereocenters. The van der Waals surface area contributed by atoms with Gasteiger partial charge in [-0.15, -0.1) is 0 Å². The van der Waals surface area contributed by atoms with E-state index in [4.69, 9.17) is 0 Å². The molecule has 0 spiro atoms. The van der Waals surface area contributed by atoms with E-state index in [1.54, 1.807) is 18.3 Å². The second-order valence-corrected chi connectivity index (χ2v) is 5.49. The zero-order valence-electron chi connectivity index (χ0n) is 13.4. The molecule has 6 nitrogen and oxygen atoms in total. The van der Waals surface area contributed by atoms with Crippen LogP contribution in [0, 0.1) is 5.82 Å². The molecule has 2 aromatic heterocycles. The molecule has 3 rings (SSSR count). The van der Waals surface area contributed by atoms with Gasteiger partial charge in [-0.3, -0.25) is 9.59 Å². The van der Waals surface area contributed by atoms with Crippen molar-refractivity contribution in [1.29, 1.82) is 0 Å². The lowest BCUT2D eigenvalue weighted by Crippen LogP contribution is -2.23. The number of halogens is 1. The molecule has 1 N–H and O–H groups in total. The standard InChI is InChI=1S/C18H15FN4O2/c1-23-17(24)8-6-15(22-23)18(25)21-16-7-5-13(11-20-16)9-12-3-2-4-14(19)10-12/h2-8,10-11H,9H2,1H3,(H,20,21,25). The minimum atomic E-state index is -0.457. The Labute approximate surface area is 143 Å². The highest BCUT2D eigenvalue weighted by atomic mass is 19.1. The number of aryl methyl sites for hydroxylation is 1. The molecule has 0 fully saturated rings.